The summed E-state index contributed by atoms with van der Waals surface area (Å²) in [7, 11) is -1.16. The molecule has 0 saturated heterocycles. The van der Waals surface area contributed by atoms with E-state index in [4.69, 9.17) is 11.6 Å². The highest BCUT2D eigenvalue weighted by Gasteiger charge is 2.30. The first-order chi connectivity index (χ1) is 8.42. The molecule has 0 aliphatic carbocycles. The quantitative estimate of drug-likeness (QED) is 0.816. The molecule has 18 heavy (non-hydrogen) atoms. The molecule has 0 spiro atoms. The summed E-state index contributed by atoms with van der Waals surface area (Å²) in [5.41, 5.74) is 0.692. The second kappa shape index (κ2) is 6.85. The standard InChI is InChI=1S/C11H13BrClO4P/c1-16-18(15,17-2)11(14)7-10(13)8-3-5-9(12)6-4-8/h3-7,11,14H,1-2H3/b10-7-/t11-/m0/s1. The molecule has 1 rings (SSSR count). The van der Waals surface area contributed by atoms with Crippen LogP contribution in [0.15, 0.2) is 34.8 Å². The van der Waals surface area contributed by atoms with E-state index in [0.717, 1.165) is 4.47 Å². The molecule has 0 aliphatic rings. The average molecular weight is 356 g/mol. The van der Waals surface area contributed by atoms with Crippen molar-refractivity contribution in [3.05, 3.63) is 40.4 Å². The summed E-state index contributed by atoms with van der Waals surface area (Å²) in [6.07, 6.45) is 1.23. The largest absolute Gasteiger partial charge is 0.377 e. The molecule has 0 heterocycles. The van der Waals surface area contributed by atoms with E-state index in [1.54, 1.807) is 12.1 Å². The molecule has 1 aromatic rings. The van der Waals surface area contributed by atoms with Crippen molar-refractivity contribution in [1.29, 1.82) is 0 Å². The molecule has 0 aromatic heterocycles. The number of hydrogen-bond acceptors (Lipinski definition) is 4. The van der Waals surface area contributed by atoms with Crippen molar-refractivity contribution in [2.45, 2.75) is 5.85 Å². The van der Waals surface area contributed by atoms with Gasteiger partial charge in [0.1, 0.15) is 0 Å². The molecule has 0 saturated carbocycles. The Morgan fingerprint density at radius 3 is 2.33 bits per heavy atom. The summed E-state index contributed by atoms with van der Waals surface area (Å²) in [5.74, 6) is -1.41. The zero-order chi connectivity index (χ0) is 13.8. The maximum Gasteiger partial charge on any atom is 0.362 e. The number of aliphatic hydroxyl groups excluding tert-OH is 1. The summed E-state index contributed by atoms with van der Waals surface area (Å²) in [6.45, 7) is 0. The lowest BCUT2D eigenvalue weighted by Crippen LogP contribution is -2.07. The highest BCUT2D eigenvalue weighted by Crippen LogP contribution is 2.51. The third-order valence-electron chi connectivity index (χ3n) is 2.25. The Morgan fingerprint density at radius 2 is 1.89 bits per heavy atom. The van der Waals surface area contributed by atoms with Crippen LogP contribution < -0.4 is 0 Å². The Hall–Kier alpha value is -0.160. The molecule has 0 unspecified atom stereocenters. The van der Waals surface area contributed by atoms with Crippen LogP contribution in [0.5, 0.6) is 0 Å². The van der Waals surface area contributed by atoms with Gasteiger partial charge in [0.15, 0.2) is 5.85 Å². The molecule has 100 valence electrons. The molecule has 1 N–H and O–H groups in total. The molecule has 0 bridgehead atoms. The number of rotatable bonds is 5. The minimum atomic E-state index is -3.57. The monoisotopic (exact) mass is 354 g/mol. The predicted molar refractivity (Wildman–Crippen MR) is 75.6 cm³/mol. The van der Waals surface area contributed by atoms with Gasteiger partial charge in [-0.3, -0.25) is 4.57 Å². The van der Waals surface area contributed by atoms with Crippen LogP contribution in [0.3, 0.4) is 0 Å². The van der Waals surface area contributed by atoms with Gasteiger partial charge >= 0.3 is 7.60 Å². The molecule has 7 heteroatoms. The normalized spacial score (nSPS) is 14.6. The molecule has 1 atom stereocenters. The number of benzene rings is 1. The summed E-state index contributed by atoms with van der Waals surface area (Å²) in [4.78, 5) is 0. The zero-order valence-corrected chi connectivity index (χ0v) is 13.1. The van der Waals surface area contributed by atoms with E-state index in [-0.39, 0.29) is 5.03 Å². The first-order valence-corrected chi connectivity index (χ1v) is 7.73. The fourth-order valence-electron chi connectivity index (χ4n) is 1.22. The highest BCUT2D eigenvalue weighted by molar-refractivity contribution is 9.10. The van der Waals surface area contributed by atoms with Crippen LogP contribution in [0, 0.1) is 0 Å². The highest BCUT2D eigenvalue weighted by atomic mass is 79.9. The summed E-state index contributed by atoms with van der Waals surface area (Å²) >= 11 is 9.33. The third kappa shape index (κ3) is 3.92. The van der Waals surface area contributed by atoms with Crippen molar-refractivity contribution in [2.24, 2.45) is 0 Å². The maximum absolute atomic E-state index is 11.9. The molecule has 0 aliphatic heterocycles. The summed E-state index contributed by atoms with van der Waals surface area (Å²) < 4.78 is 22.1. The Bertz CT molecular complexity index is 466. The van der Waals surface area contributed by atoms with Crippen LogP contribution in [0.2, 0.25) is 0 Å². The fraction of sp³-hybridized carbons (Fsp3) is 0.273. The van der Waals surface area contributed by atoms with Crippen LogP contribution in [0.4, 0.5) is 0 Å². The smallest absolute Gasteiger partial charge is 0.362 e. The van der Waals surface area contributed by atoms with Gasteiger partial charge in [0.05, 0.1) is 0 Å². The Kier molecular flexibility index (Phi) is 6.05. The van der Waals surface area contributed by atoms with Crippen LogP contribution in [0.1, 0.15) is 5.56 Å². The van der Waals surface area contributed by atoms with Crippen LogP contribution >= 0.6 is 35.1 Å². The first kappa shape index (κ1) is 15.9. The number of aliphatic hydroxyl groups is 1. The second-order valence-corrected chi connectivity index (χ2v) is 7.00. The number of hydrogen-bond donors (Lipinski definition) is 1. The topological polar surface area (TPSA) is 55.8 Å². The van der Waals surface area contributed by atoms with Crippen molar-refractivity contribution >= 4 is 40.2 Å². The maximum atomic E-state index is 11.9. The van der Waals surface area contributed by atoms with Crippen molar-refractivity contribution in [3.63, 3.8) is 0 Å². The molecule has 0 radical (unpaired) electrons. The SMILES string of the molecule is COP(=O)(OC)[C@H](O)/C=C(\Cl)c1ccc(Br)cc1. The predicted octanol–water partition coefficient (Wildman–Crippen LogP) is 3.83. The average Bonchev–Trinajstić information content (AvgIpc) is 2.38. The van der Waals surface area contributed by atoms with Gasteiger partial charge in [-0.2, -0.15) is 0 Å². The van der Waals surface area contributed by atoms with Gasteiger partial charge in [0.2, 0.25) is 0 Å². The lowest BCUT2D eigenvalue weighted by atomic mass is 10.2. The van der Waals surface area contributed by atoms with Gasteiger partial charge in [-0.15, -0.1) is 0 Å². The van der Waals surface area contributed by atoms with E-state index in [9.17, 15) is 9.67 Å². The molecule has 0 fully saturated rings. The van der Waals surface area contributed by atoms with Gasteiger partial charge in [-0.1, -0.05) is 39.7 Å². The third-order valence-corrected chi connectivity index (χ3v) is 4.94. The van der Waals surface area contributed by atoms with E-state index in [0.29, 0.717) is 5.56 Å². The fourth-order valence-corrected chi connectivity index (χ4v) is 2.73. The van der Waals surface area contributed by atoms with E-state index in [1.165, 1.54) is 20.3 Å². The molecule has 4 nitrogen and oxygen atoms in total. The Labute approximate surface area is 119 Å². The first-order valence-electron chi connectivity index (χ1n) is 4.95. The molecule has 0 amide bonds. The lowest BCUT2D eigenvalue weighted by Gasteiger charge is -2.17. The van der Waals surface area contributed by atoms with Crippen LogP contribution in [0.25, 0.3) is 5.03 Å². The summed E-state index contributed by atoms with van der Waals surface area (Å²) in [5, 5.41) is 10.0. The van der Waals surface area contributed by atoms with Crippen LogP contribution in [-0.2, 0) is 13.6 Å². The van der Waals surface area contributed by atoms with Crippen molar-refractivity contribution < 1.29 is 18.7 Å². The second-order valence-electron chi connectivity index (χ2n) is 3.34. The van der Waals surface area contributed by atoms with Crippen LogP contribution in [-0.4, -0.2) is 25.2 Å². The van der Waals surface area contributed by atoms with E-state index in [1.807, 2.05) is 12.1 Å². The van der Waals surface area contributed by atoms with Gasteiger partial charge in [0, 0.05) is 23.7 Å². The van der Waals surface area contributed by atoms with Gasteiger partial charge in [-0.05, 0) is 23.8 Å². The molecule has 1 aromatic carbocycles. The summed E-state index contributed by atoms with van der Waals surface area (Å²) in [6, 6.07) is 7.15. The van der Waals surface area contributed by atoms with Gasteiger partial charge in [-0.25, -0.2) is 0 Å². The zero-order valence-electron chi connectivity index (χ0n) is 9.84. The molecular formula is C11H13BrClO4P. The minimum Gasteiger partial charge on any atom is -0.377 e. The lowest BCUT2D eigenvalue weighted by molar-refractivity contribution is 0.201. The van der Waals surface area contributed by atoms with Gasteiger partial charge < -0.3 is 14.2 Å². The van der Waals surface area contributed by atoms with Crippen molar-refractivity contribution in [3.8, 4) is 0 Å². The van der Waals surface area contributed by atoms with Gasteiger partial charge in [0.25, 0.3) is 0 Å². The Morgan fingerprint density at radius 1 is 1.39 bits per heavy atom. The Balaban J connectivity index is 2.96. The van der Waals surface area contributed by atoms with Crippen molar-refractivity contribution in [1.82, 2.24) is 0 Å². The molecular weight excluding hydrogens is 342 g/mol. The van der Waals surface area contributed by atoms with E-state index < -0.39 is 13.4 Å². The van der Waals surface area contributed by atoms with E-state index >= 15 is 0 Å². The van der Waals surface area contributed by atoms with Crippen molar-refractivity contribution in [2.75, 3.05) is 14.2 Å². The van der Waals surface area contributed by atoms with E-state index in [2.05, 4.69) is 25.0 Å². The number of halogens is 2. The minimum absolute atomic E-state index is 0.268.